The topological polar surface area (TPSA) is 37.3 Å². The third-order valence-corrected chi connectivity index (χ3v) is 4.03. The molecule has 0 aliphatic carbocycles. The van der Waals surface area contributed by atoms with Crippen molar-refractivity contribution < 1.29 is 9.90 Å². The van der Waals surface area contributed by atoms with E-state index in [1.54, 1.807) is 0 Å². The van der Waals surface area contributed by atoms with E-state index in [1.807, 2.05) is 6.92 Å². The van der Waals surface area contributed by atoms with Crippen LogP contribution in [0.1, 0.15) is 71.6 Å². The number of thiol groups is 1. The van der Waals surface area contributed by atoms with E-state index < -0.39 is 11.2 Å². The molecule has 2 unspecified atom stereocenters. The Labute approximate surface area is 112 Å². The number of carboxylic acids is 1. The number of hydrogen-bond donors (Lipinski definition) is 2. The lowest BCUT2D eigenvalue weighted by molar-refractivity contribution is -0.137. The first-order valence-electron chi connectivity index (χ1n) is 7.00. The molecule has 0 aromatic rings. The Kier molecular flexibility index (Phi) is 10.8. The van der Waals surface area contributed by atoms with Crippen molar-refractivity contribution in [2.75, 3.05) is 0 Å². The molecule has 1 N–H and O–H groups in total. The summed E-state index contributed by atoms with van der Waals surface area (Å²) in [5, 5.41) is 8.30. The first-order chi connectivity index (χ1) is 8.09. The van der Waals surface area contributed by atoms with Crippen molar-refractivity contribution in [3.8, 4) is 0 Å². The van der Waals surface area contributed by atoms with Crippen molar-refractivity contribution in [2.45, 2.75) is 76.9 Å². The number of unbranched alkanes of at least 4 members (excludes halogenated alkanes) is 7. The Morgan fingerprint density at radius 3 is 2.00 bits per heavy atom. The number of hydrogen-bond acceptors (Lipinski definition) is 2. The molecular weight excluding hydrogens is 232 g/mol. The maximum absolute atomic E-state index is 10.7. The van der Waals surface area contributed by atoms with Crippen molar-refractivity contribution in [1.82, 2.24) is 0 Å². The second-order valence-corrected chi connectivity index (χ2v) is 5.58. The van der Waals surface area contributed by atoms with Crippen LogP contribution in [0.4, 0.5) is 0 Å². The van der Waals surface area contributed by atoms with Crippen LogP contribution >= 0.6 is 12.6 Å². The fraction of sp³-hybridized carbons (Fsp3) is 0.929. The molecule has 0 spiro atoms. The highest BCUT2D eigenvalue weighted by Gasteiger charge is 2.19. The van der Waals surface area contributed by atoms with E-state index in [4.69, 9.17) is 5.11 Å². The summed E-state index contributed by atoms with van der Waals surface area (Å²) >= 11 is 4.10. The molecule has 0 heterocycles. The summed E-state index contributed by atoms with van der Waals surface area (Å²) in [6.07, 6.45) is 11.4. The average Bonchev–Trinajstić information content (AvgIpc) is 2.31. The summed E-state index contributed by atoms with van der Waals surface area (Å²) in [5.41, 5.74) is 0. The minimum atomic E-state index is -0.791. The fourth-order valence-corrected chi connectivity index (χ4v) is 2.15. The first-order valence-corrected chi connectivity index (χ1v) is 7.52. The summed E-state index contributed by atoms with van der Waals surface area (Å²) in [4.78, 5) is 10.7. The number of carboxylic acid groups (broad SMARTS) is 1. The Hall–Kier alpha value is -0.180. The molecule has 0 saturated heterocycles. The molecule has 0 amide bonds. The van der Waals surface area contributed by atoms with E-state index >= 15 is 0 Å². The zero-order valence-electron chi connectivity index (χ0n) is 11.3. The molecule has 0 bridgehead atoms. The van der Waals surface area contributed by atoms with Gasteiger partial charge in [0.05, 0.1) is 0 Å². The van der Waals surface area contributed by atoms with E-state index in [-0.39, 0.29) is 5.92 Å². The van der Waals surface area contributed by atoms with Crippen molar-refractivity contribution in [3.63, 3.8) is 0 Å². The van der Waals surface area contributed by atoms with Crippen LogP contribution in [-0.4, -0.2) is 16.3 Å². The molecule has 0 radical (unpaired) electrons. The van der Waals surface area contributed by atoms with Crippen LogP contribution in [-0.2, 0) is 4.79 Å². The zero-order chi connectivity index (χ0) is 13.1. The van der Waals surface area contributed by atoms with Crippen molar-refractivity contribution >= 4 is 18.6 Å². The number of rotatable bonds is 11. The normalized spacial score (nSPS) is 14.5. The molecule has 102 valence electrons. The molecule has 0 aromatic carbocycles. The third kappa shape index (κ3) is 9.51. The minimum Gasteiger partial charge on any atom is -0.480 e. The van der Waals surface area contributed by atoms with Gasteiger partial charge in [-0.1, -0.05) is 65.2 Å². The van der Waals surface area contributed by atoms with Gasteiger partial charge in [0.1, 0.15) is 5.25 Å². The maximum Gasteiger partial charge on any atom is 0.316 e. The fourth-order valence-electron chi connectivity index (χ4n) is 2.00. The molecule has 2 atom stereocenters. The molecule has 17 heavy (non-hydrogen) atoms. The molecule has 0 rings (SSSR count). The Balaban J connectivity index is 3.30. The summed E-state index contributed by atoms with van der Waals surface area (Å²) < 4.78 is 0. The van der Waals surface area contributed by atoms with E-state index in [2.05, 4.69) is 19.6 Å². The van der Waals surface area contributed by atoms with Gasteiger partial charge in [0, 0.05) is 0 Å². The highest BCUT2D eigenvalue weighted by atomic mass is 32.1. The Bertz CT molecular complexity index is 195. The van der Waals surface area contributed by atoms with Crippen LogP contribution in [0.15, 0.2) is 0 Å². The molecule has 3 heteroatoms. The SMILES string of the molecule is CCCCCCCCCCC(C)C(S)C(=O)O. The lowest BCUT2D eigenvalue weighted by Gasteiger charge is -2.14. The van der Waals surface area contributed by atoms with Gasteiger partial charge >= 0.3 is 5.97 Å². The van der Waals surface area contributed by atoms with Crippen molar-refractivity contribution in [1.29, 1.82) is 0 Å². The standard InChI is InChI=1S/C14H28O2S/c1-3-4-5-6-7-8-9-10-11-12(2)13(17)14(15)16/h12-13,17H,3-11H2,1-2H3,(H,15,16). The quantitative estimate of drug-likeness (QED) is 0.423. The van der Waals surface area contributed by atoms with Gasteiger partial charge in [0.15, 0.2) is 0 Å². The predicted octanol–water partition coefficient (Wildman–Crippen LogP) is 4.54. The van der Waals surface area contributed by atoms with Crippen LogP contribution in [0.5, 0.6) is 0 Å². The lowest BCUT2D eigenvalue weighted by Crippen LogP contribution is -2.21. The summed E-state index contributed by atoms with van der Waals surface area (Å²) in [6.45, 7) is 4.21. The lowest BCUT2D eigenvalue weighted by atomic mass is 9.98. The zero-order valence-corrected chi connectivity index (χ0v) is 12.2. The van der Waals surface area contributed by atoms with Crippen LogP contribution < -0.4 is 0 Å². The smallest absolute Gasteiger partial charge is 0.316 e. The average molecular weight is 260 g/mol. The monoisotopic (exact) mass is 260 g/mol. The number of carbonyl (C=O) groups is 1. The van der Waals surface area contributed by atoms with Crippen molar-refractivity contribution in [2.24, 2.45) is 5.92 Å². The van der Waals surface area contributed by atoms with Gasteiger partial charge in [-0.25, -0.2) is 0 Å². The third-order valence-electron chi connectivity index (χ3n) is 3.31. The molecule has 0 aliphatic heterocycles. The van der Waals surface area contributed by atoms with E-state index in [0.29, 0.717) is 0 Å². The maximum atomic E-state index is 10.7. The second-order valence-electron chi connectivity index (χ2n) is 5.02. The van der Waals surface area contributed by atoms with Gasteiger partial charge in [-0.05, 0) is 12.3 Å². The first kappa shape index (κ1) is 16.8. The van der Waals surface area contributed by atoms with Crippen LogP contribution in [0.3, 0.4) is 0 Å². The van der Waals surface area contributed by atoms with E-state index in [9.17, 15) is 4.79 Å². The number of aliphatic carboxylic acids is 1. The van der Waals surface area contributed by atoms with Gasteiger partial charge in [-0.15, -0.1) is 0 Å². The Morgan fingerprint density at radius 1 is 1.06 bits per heavy atom. The van der Waals surface area contributed by atoms with Gasteiger partial charge < -0.3 is 5.11 Å². The van der Waals surface area contributed by atoms with Crippen molar-refractivity contribution in [3.05, 3.63) is 0 Å². The molecule has 0 aromatic heterocycles. The van der Waals surface area contributed by atoms with Crippen LogP contribution in [0.25, 0.3) is 0 Å². The van der Waals surface area contributed by atoms with Crippen LogP contribution in [0, 0.1) is 5.92 Å². The van der Waals surface area contributed by atoms with Gasteiger partial charge in [-0.2, -0.15) is 12.6 Å². The van der Waals surface area contributed by atoms with Gasteiger partial charge in [0.2, 0.25) is 0 Å². The summed E-state index contributed by atoms with van der Waals surface area (Å²) in [7, 11) is 0. The summed E-state index contributed by atoms with van der Waals surface area (Å²) in [5.74, 6) is -0.615. The minimum absolute atomic E-state index is 0.177. The van der Waals surface area contributed by atoms with E-state index in [1.165, 1.54) is 44.9 Å². The van der Waals surface area contributed by atoms with Crippen LogP contribution in [0.2, 0.25) is 0 Å². The molecule has 0 aliphatic rings. The Morgan fingerprint density at radius 2 is 1.53 bits per heavy atom. The molecular formula is C14H28O2S. The highest BCUT2D eigenvalue weighted by molar-refractivity contribution is 7.81. The van der Waals surface area contributed by atoms with E-state index in [0.717, 1.165) is 12.8 Å². The van der Waals surface area contributed by atoms with Gasteiger partial charge in [0.25, 0.3) is 0 Å². The predicted molar refractivity (Wildman–Crippen MR) is 76.8 cm³/mol. The molecule has 0 fully saturated rings. The second kappa shape index (κ2) is 10.9. The molecule has 0 saturated carbocycles. The summed E-state index contributed by atoms with van der Waals surface area (Å²) in [6, 6.07) is 0. The largest absolute Gasteiger partial charge is 0.480 e. The molecule has 2 nitrogen and oxygen atoms in total. The highest BCUT2D eigenvalue weighted by Crippen LogP contribution is 2.18. The van der Waals surface area contributed by atoms with Gasteiger partial charge in [-0.3, -0.25) is 4.79 Å².